The van der Waals surface area contributed by atoms with E-state index in [-0.39, 0.29) is 17.8 Å². The smallest absolute Gasteiger partial charge is 0.482 e. The summed E-state index contributed by atoms with van der Waals surface area (Å²) in [6.45, 7) is 5.73. The Bertz CT molecular complexity index is 955. The zero-order chi connectivity index (χ0) is 22.6. The zero-order valence-corrected chi connectivity index (χ0v) is 17.8. The van der Waals surface area contributed by atoms with Gasteiger partial charge in [0.2, 0.25) is 0 Å². The number of aliphatic carboxylic acids is 1. The van der Waals surface area contributed by atoms with Crippen molar-refractivity contribution >= 4 is 12.1 Å². The van der Waals surface area contributed by atoms with Crippen LogP contribution in [0.4, 0.5) is 9.18 Å². The summed E-state index contributed by atoms with van der Waals surface area (Å²) in [5.74, 6) is -1.48. The van der Waals surface area contributed by atoms with Gasteiger partial charge in [-0.3, -0.25) is 0 Å². The normalized spacial score (nSPS) is 16.3. The molecule has 8 heteroatoms. The molecule has 0 radical (unpaired) electrons. The molecular weight excluding hydrogens is 405 g/mol. The average molecular weight is 431 g/mol. The molecule has 7 nitrogen and oxygen atoms in total. The molecule has 1 heterocycles. The molecule has 2 aromatic carbocycles. The van der Waals surface area contributed by atoms with Crippen molar-refractivity contribution in [2.75, 3.05) is 19.8 Å². The van der Waals surface area contributed by atoms with Gasteiger partial charge in [-0.1, -0.05) is 45.0 Å². The molecule has 1 unspecified atom stereocenters. The summed E-state index contributed by atoms with van der Waals surface area (Å²) in [6, 6.07) is 10.7. The van der Waals surface area contributed by atoms with Gasteiger partial charge >= 0.3 is 12.1 Å². The number of hydrogen-bond donors (Lipinski definition) is 1. The number of carbonyl (C=O) groups excluding carboxylic acids is 1. The number of carboxylic acid groups (broad SMARTS) is 1. The van der Waals surface area contributed by atoms with Crippen LogP contribution in [0.25, 0.3) is 0 Å². The van der Waals surface area contributed by atoms with Crippen molar-refractivity contribution < 1.29 is 33.4 Å². The zero-order valence-electron chi connectivity index (χ0n) is 17.8. The molecule has 0 bridgehead atoms. The van der Waals surface area contributed by atoms with Crippen LogP contribution in [-0.4, -0.2) is 42.1 Å². The van der Waals surface area contributed by atoms with Crippen LogP contribution in [0.5, 0.6) is 5.75 Å². The largest absolute Gasteiger partial charge is 0.527 e. The van der Waals surface area contributed by atoms with Crippen molar-refractivity contribution in [1.82, 2.24) is 5.06 Å². The van der Waals surface area contributed by atoms with Crippen molar-refractivity contribution in [1.29, 1.82) is 0 Å². The van der Waals surface area contributed by atoms with Gasteiger partial charge in [-0.05, 0) is 41.2 Å². The maximum Gasteiger partial charge on any atom is 0.527 e. The van der Waals surface area contributed by atoms with Gasteiger partial charge in [-0.2, -0.15) is 0 Å². The lowest BCUT2D eigenvalue weighted by atomic mass is 9.89. The number of rotatable bonds is 6. The molecule has 0 fully saturated rings. The van der Waals surface area contributed by atoms with E-state index in [9.17, 15) is 14.0 Å². The fraction of sp³-hybridized carbons (Fsp3) is 0.391. The Labute approximate surface area is 180 Å². The number of hydrogen-bond acceptors (Lipinski definition) is 6. The standard InChI is InChI=1S/C23H26FNO6/c1-23(2,3)14-30-22(28)31-25-11-10-15-6-4-5-7-17(15)21(25)18-12-16(24)8-9-19(18)29-13-20(26)27/h4-9,12,21H,10-11,13-14H2,1-3H3,(H,26,27). The van der Waals surface area contributed by atoms with Gasteiger partial charge in [-0.15, -0.1) is 5.06 Å². The van der Waals surface area contributed by atoms with Gasteiger partial charge in [0.05, 0.1) is 6.61 Å². The van der Waals surface area contributed by atoms with Crippen molar-refractivity contribution in [3.63, 3.8) is 0 Å². The minimum atomic E-state index is -1.15. The molecule has 2 aromatic rings. The summed E-state index contributed by atoms with van der Waals surface area (Å²) >= 11 is 0. The van der Waals surface area contributed by atoms with Crippen LogP contribution in [0, 0.1) is 11.2 Å². The first-order chi connectivity index (χ1) is 14.6. The summed E-state index contributed by atoms with van der Waals surface area (Å²) in [7, 11) is 0. The van der Waals surface area contributed by atoms with Crippen LogP contribution >= 0.6 is 0 Å². The van der Waals surface area contributed by atoms with Gasteiger partial charge < -0.3 is 19.4 Å². The van der Waals surface area contributed by atoms with Crippen molar-refractivity contribution in [2.24, 2.45) is 5.41 Å². The number of fused-ring (bicyclic) bond motifs is 1. The Morgan fingerprint density at radius 3 is 2.61 bits per heavy atom. The summed E-state index contributed by atoms with van der Waals surface area (Å²) in [4.78, 5) is 28.8. The first-order valence-electron chi connectivity index (χ1n) is 9.97. The fourth-order valence-corrected chi connectivity index (χ4v) is 3.37. The van der Waals surface area contributed by atoms with Crippen LogP contribution < -0.4 is 4.74 Å². The lowest BCUT2D eigenvalue weighted by molar-refractivity contribution is -0.154. The summed E-state index contributed by atoms with van der Waals surface area (Å²) in [6.07, 6.45) is -0.247. The Morgan fingerprint density at radius 1 is 1.16 bits per heavy atom. The maximum absolute atomic E-state index is 14.2. The number of nitrogens with zero attached hydrogens (tertiary/aromatic N) is 1. The predicted octanol–water partition coefficient (Wildman–Crippen LogP) is 4.35. The predicted molar refractivity (Wildman–Crippen MR) is 110 cm³/mol. The van der Waals surface area contributed by atoms with Crippen molar-refractivity contribution in [3.05, 3.63) is 65.0 Å². The van der Waals surface area contributed by atoms with E-state index in [1.54, 1.807) is 0 Å². The molecule has 0 aliphatic carbocycles. The highest BCUT2D eigenvalue weighted by Crippen LogP contribution is 2.40. The monoisotopic (exact) mass is 431 g/mol. The molecule has 0 amide bonds. The molecule has 166 valence electrons. The highest BCUT2D eigenvalue weighted by atomic mass is 19.1. The Kier molecular flexibility index (Phi) is 6.80. The molecule has 31 heavy (non-hydrogen) atoms. The van der Waals surface area contributed by atoms with Crippen LogP contribution in [0.3, 0.4) is 0 Å². The van der Waals surface area contributed by atoms with E-state index in [4.69, 9.17) is 19.4 Å². The Morgan fingerprint density at radius 2 is 1.90 bits per heavy atom. The number of hydroxylamine groups is 2. The lowest BCUT2D eigenvalue weighted by Gasteiger charge is -2.36. The Balaban J connectivity index is 1.96. The summed E-state index contributed by atoms with van der Waals surface area (Å²) in [5, 5.41) is 10.4. The topological polar surface area (TPSA) is 85.3 Å². The van der Waals surface area contributed by atoms with E-state index in [1.165, 1.54) is 23.3 Å². The molecule has 0 aromatic heterocycles. The average Bonchev–Trinajstić information content (AvgIpc) is 2.70. The second-order valence-corrected chi connectivity index (χ2v) is 8.55. The molecule has 1 N–H and O–H groups in total. The molecular formula is C23H26FNO6. The highest BCUT2D eigenvalue weighted by molar-refractivity contribution is 5.68. The third-order valence-corrected chi connectivity index (χ3v) is 4.67. The summed E-state index contributed by atoms with van der Waals surface area (Å²) in [5.41, 5.74) is 1.96. The molecule has 0 saturated carbocycles. The number of halogens is 1. The Hall–Kier alpha value is -3.13. The van der Waals surface area contributed by atoms with Crippen LogP contribution in [0.15, 0.2) is 42.5 Å². The minimum absolute atomic E-state index is 0.174. The number of carboxylic acids is 1. The molecule has 1 aliphatic rings. The first-order valence-corrected chi connectivity index (χ1v) is 9.97. The van der Waals surface area contributed by atoms with Crippen molar-refractivity contribution in [2.45, 2.75) is 33.2 Å². The lowest BCUT2D eigenvalue weighted by Crippen LogP contribution is -2.38. The SMILES string of the molecule is CC(C)(C)COC(=O)ON1CCc2ccccc2C1c1cc(F)ccc1OCC(=O)O. The van der Waals surface area contributed by atoms with E-state index in [0.29, 0.717) is 18.5 Å². The fourth-order valence-electron chi connectivity index (χ4n) is 3.37. The van der Waals surface area contributed by atoms with Gasteiger partial charge in [0.25, 0.3) is 0 Å². The first kappa shape index (κ1) is 22.6. The third kappa shape index (κ3) is 5.95. The van der Waals surface area contributed by atoms with Gasteiger partial charge in [-0.25, -0.2) is 14.0 Å². The number of benzene rings is 2. The second kappa shape index (κ2) is 9.34. The van der Waals surface area contributed by atoms with E-state index >= 15 is 0 Å². The van der Waals surface area contributed by atoms with Crippen molar-refractivity contribution in [3.8, 4) is 5.75 Å². The van der Waals surface area contributed by atoms with E-state index in [2.05, 4.69) is 0 Å². The van der Waals surface area contributed by atoms with Crippen LogP contribution in [0.1, 0.15) is 43.5 Å². The van der Waals surface area contributed by atoms with Crippen LogP contribution in [-0.2, 0) is 20.8 Å². The van der Waals surface area contributed by atoms with E-state index in [1.807, 2.05) is 45.0 Å². The maximum atomic E-state index is 14.2. The molecule has 1 atom stereocenters. The van der Waals surface area contributed by atoms with Crippen LogP contribution in [0.2, 0.25) is 0 Å². The van der Waals surface area contributed by atoms with Gasteiger partial charge in [0.1, 0.15) is 17.6 Å². The third-order valence-electron chi connectivity index (χ3n) is 4.67. The molecule has 3 rings (SSSR count). The summed E-state index contributed by atoms with van der Waals surface area (Å²) < 4.78 is 24.8. The molecule has 0 spiro atoms. The van der Waals surface area contributed by atoms with E-state index < -0.39 is 30.6 Å². The minimum Gasteiger partial charge on any atom is -0.482 e. The molecule has 0 saturated heterocycles. The quantitative estimate of drug-likeness (QED) is 0.681. The highest BCUT2D eigenvalue weighted by Gasteiger charge is 2.34. The van der Waals surface area contributed by atoms with Gasteiger partial charge in [0.15, 0.2) is 6.61 Å². The van der Waals surface area contributed by atoms with Gasteiger partial charge in [0, 0.05) is 12.1 Å². The number of carbonyl (C=O) groups is 2. The second-order valence-electron chi connectivity index (χ2n) is 8.55. The molecule has 1 aliphatic heterocycles. The van der Waals surface area contributed by atoms with E-state index in [0.717, 1.165) is 11.1 Å². The number of ether oxygens (including phenoxy) is 2.